The van der Waals surface area contributed by atoms with E-state index in [0.29, 0.717) is 5.41 Å². The predicted molar refractivity (Wildman–Crippen MR) is 92.4 cm³/mol. The minimum absolute atomic E-state index is 0.431. The Balaban J connectivity index is 1.69. The van der Waals surface area contributed by atoms with E-state index in [4.69, 9.17) is 4.74 Å². The van der Waals surface area contributed by atoms with Gasteiger partial charge in [0.15, 0.2) is 5.96 Å². The fourth-order valence-corrected chi connectivity index (χ4v) is 3.61. The highest BCUT2D eigenvalue weighted by Crippen LogP contribution is 2.43. The fraction of sp³-hybridized carbons (Fsp3) is 0.941. The lowest BCUT2D eigenvalue weighted by molar-refractivity contribution is 0.0732. The number of methoxy groups -OCH3 is 1. The normalized spacial score (nSPS) is 25.0. The SMILES string of the molecule is CCN1CCC(CNC(=NC)NCC2(CCOC)CCC2)C1. The lowest BCUT2D eigenvalue weighted by Crippen LogP contribution is -2.47. The van der Waals surface area contributed by atoms with Gasteiger partial charge in [-0.1, -0.05) is 13.3 Å². The van der Waals surface area contributed by atoms with E-state index in [9.17, 15) is 0 Å². The predicted octanol–water partition coefficient (Wildman–Crippen LogP) is 1.70. The summed E-state index contributed by atoms with van der Waals surface area (Å²) in [5.41, 5.74) is 0.431. The number of aliphatic imine (C=N–C) groups is 1. The highest BCUT2D eigenvalue weighted by molar-refractivity contribution is 5.79. The lowest BCUT2D eigenvalue weighted by Gasteiger charge is -2.42. The van der Waals surface area contributed by atoms with Crippen LogP contribution >= 0.6 is 0 Å². The molecular formula is C17H34N4O. The van der Waals surface area contributed by atoms with Crippen LogP contribution in [0.25, 0.3) is 0 Å². The Kier molecular flexibility index (Phi) is 6.96. The third-order valence-electron chi connectivity index (χ3n) is 5.48. The molecule has 0 spiro atoms. The molecule has 2 aliphatic rings. The van der Waals surface area contributed by atoms with Crippen molar-refractivity contribution in [1.82, 2.24) is 15.5 Å². The number of nitrogens with zero attached hydrogens (tertiary/aromatic N) is 2. The average Bonchev–Trinajstić information content (AvgIpc) is 2.96. The van der Waals surface area contributed by atoms with Crippen LogP contribution in [0.15, 0.2) is 4.99 Å². The molecule has 0 aromatic rings. The summed E-state index contributed by atoms with van der Waals surface area (Å²) in [6, 6.07) is 0. The van der Waals surface area contributed by atoms with Crippen LogP contribution in [0.3, 0.4) is 0 Å². The maximum absolute atomic E-state index is 5.26. The summed E-state index contributed by atoms with van der Waals surface area (Å²) in [5, 5.41) is 7.05. The van der Waals surface area contributed by atoms with E-state index in [-0.39, 0.29) is 0 Å². The second-order valence-corrected chi connectivity index (χ2v) is 6.95. The molecule has 2 fully saturated rings. The van der Waals surface area contributed by atoms with Crippen molar-refractivity contribution in [2.45, 2.75) is 39.0 Å². The number of hydrogen-bond donors (Lipinski definition) is 2. The molecule has 2 rings (SSSR count). The summed E-state index contributed by atoms with van der Waals surface area (Å²) in [7, 11) is 3.66. The van der Waals surface area contributed by atoms with Crippen LogP contribution in [0.2, 0.25) is 0 Å². The molecule has 0 aromatic heterocycles. The van der Waals surface area contributed by atoms with Crippen molar-refractivity contribution in [3.8, 4) is 0 Å². The van der Waals surface area contributed by atoms with Crippen molar-refractivity contribution >= 4 is 5.96 Å². The number of likely N-dealkylation sites (tertiary alicyclic amines) is 1. The Morgan fingerprint density at radius 2 is 2.18 bits per heavy atom. The van der Waals surface area contributed by atoms with Crippen molar-refractivity contribution in [2.24, 2.45) is 16.3 Å². The molecule has 1 unspecified atom stereocenters. The molecule has 0 bridgehead atoms. The Labute approximate surface area is 135 Å². The molecule has 1 saturated heterocycles. The summed E-state index contributed by atoms with van der Waals surface area (Å²) in [4.78, 5) is 6.90. The van der Waals surface area contributed by atoms with Crippen LogP contribution in [0.1, 0.15) is 39.0 Å². The van der Waals surface area contributed by atoms with Gasteiger partial charge in [-0.25, -0.2) is 0 Å². The molecule has 22 heavy (non-hydrogen) atoms. The van der Waals surface area contributed by atoms with Crippen molar-refractivity contribution in [2.75, 3.05) is 53.5 Å². The van der Waals surface area contributed by atoms with Crippen LogP contribution in [-0.2, 0) is 4.74 Å². The maximum atomic E-state index is 5.26. The van der Waals surface area contributed by atoms with E-state index in [0.717, 1.165) is 38.0 Å². The van der Waals surface area contributed by atoms with Crippen molar-refractivity contribution in [3.63, 3.8) is 0 Å². The largest absolute Gasteiger partial charge is 0.385 e. The van der Waals surface area contributed by atoms with Gasteiger partial charge in [-0.05, 0) is 50.1 Å². The van der Waals surface area contributed by atoms with Gasteiger partial charge in [0.25, 0.3) is 0 Å². The Bertz CT molecular complexity index is 355. The Morgan fingerprint density at radius 3 is 2.73 bits per heavy atom. The summed E-state index contributed by atoms with van der Waals surface area (Å²) in [6.07, 6.45) is 6.44. The molecule has 128 valence electrons. The number of hydrogen-bond acceptors (Lipinski definition) is 3. The molecule has 0 aromatic carbocycles. The third-order valence-corrected chi connectivity index (χ3v) is 5.48. The first kappa shape index (κ1) is 17.5. The Morgan fingerprint density at radius 1 is 1.36 bits per heavy atom. The van der Waals surface area contributed by atoms with E-state index in [1.165, 1.54) is 45.3 Å². The molecule has 1 saturated carbocycles. The van der Waals surface area contributed by atoms with E-state index in [1.54, 1.807) is 7.11 Å². The van der Waals surface area contributed by atoms with E-state index < -0.39 is 0 Å². The number of rotatable bonds is 8. The van der Waals surface area contributed by atoms with Gasteiger partial charge in [-0.15, -0.1) is 0 Å². The van der Waals surface area contributed by atoms with Crippen molar-refractivity contribution in [3.05, 3.63) is 0 Å². The van der Waals surface area contributed by atoms with Crippen molar-refractivity contribution < 1.29 is 4.74 Å². The number of nitrogens with one attached hydrogen (secondary N) is 2. The first-order valence-corrected chi connectivity index (χ1v) is 8.87. The molecule has 1 atom stereocenters. The smallest absolute Gasteiger partial charge is 0.191 e. The second kappa shape index (κ2) is 8.73. The standard InChI is InChI=1S/C17H34N4O/c1-4-21-10-6-15(13-21)12-19-16(18-2)20-14-17(7-5-8-17)9-11-22-3/h15H,4-14H2,1-3H3,(H2,18,19,20). The summed E-state index contributed by atoms with van der Waals surface area (Å²) in [5.74, 6) is 1.71. The summed E-state index contributed by atoms with van der Waals surface area (Å²) in [6.45, 7) is 8.79. The second-order valence-electron chi connectivity index (χ2n) is 6.95. The molecule has 0 radical (unpaired) electrons. The first-order chi connectivity index (χ1) is 10.7. The molecule has 5 heteroatoms. The third kappa shape index (κ3) is 4.85. The minimum atomic E-state index is 0.431. The van der Waals surface area contributed by atoms with Crippen LogP contribution in [-0.4, -0.2) is 64.3 Å². The van der Waals surface area contributed by atoms with Gasteiger partial charge in [0.05, 0.1) is 0 Å². The number of ether oxygens (including phenoxy) is 1. The highest BCUT2D eigenvalue weighted by Gasteiger charge is 2.36. The average molecular weight is 310 g/mol. The zero-order chi connectivity index (χ0) is 15.8. The van der Waals surface area contributed by atoms with Gasteiger partial charge in [0, 0.05) is 40.4 Å². The molecule has 2 N–H and O–H groups in total. The van der Waals surface area contributed by atoms with Gasteiger partial charge in [-0.3, -0.25) is 4.99 Å². The first-order valence-electron chi connectivity index (χ1n) is 8.87. The van der Waals surface area contributed by atoms with Crippen LogP contribution in [0, 0.1) is 11.3 Å². The van der Waals surface area contributed by atoms with Crippen LogP contribution in [0.5, 0.6) is 0 Å². The van der Waals surface area contributed by atoms with Crippen molar-refractivity contribution in [1.29, 1.82) is 0 Å². The quantitative estimate of drug-likeness (QED) is 0.529. The van der Waals surface area contributed by atoms with Crippen LogP contribution < -0.4 is 10.6 Å². The minimum Gasteiger partial charge on any atom is -0.385 e. The summed E-state index contributed by atoms with van der Waals surface area (Å²) >= 11 is 0. The van der Waals surface area contributed by atoms with Gasteiger partial charge < -0.3 is 20.3 Å². The topological polar surface area (TPSA) is 48.9 Å². The van der Waals surface area contributed by atoms with E-state index >= 15 is 0 Å². The van der Waals surface area contributed by atoms with Crippen LogP contribution in [0.4, 0.5) is 0 Å². The molecular weight excluding hydrogens is 276 g/mol. The maximum Gasteiger partial charge on any atom is 0.191 e. The molecule has 1 heterocycles. The Hall–Kier alpha value is -0.810. The fourth-order valence-electron chi connectivity index (χ4n) is 3.61. The van der Waals surface area contributed by atoms with E-state index in [1.807, 2.05) is 7.05 Å². The zero-order valence-electron chi connectivity index (χ0n) is 14.7. The zero-order valence-corrected chi connectivity index (χ0v) is 14.7. The van der Waals surface area contributed by atoms with Gasteiger partial charge >= 0.3 is 0 Å². The molecule has 1 aliphatic heterocycles. The molecule has 1 aliphatic carbocycles. The highest BCUT2D eigenvalue weighted by atomic mass is 16.5. The van der Waals surface area contributed by atoms with Gasteiger partial charge in [0.1, 0.15) is 0 Å². The number of guanidine groups is 1. The molecule has 0 amide bonds. The van der Waals surface area contributed by atoms with Gasteiger partial charge in [0.2, 0.25) is 0 Å². The molecule has 5 nitrogen and oxygen atoms in total. The van der Waals surface area contributed by atoms with E-state index in [2.05, 4.69) is 27.4 Å². The monoisotopic (exact) mass is 310 g/mol. The van der Waals surface area contributed by atoms with Gasteiger partial charge in [-0.2, -0.15) is 0 Å². The summed E-state index contributed by atoms with van der Waals surface area (Å²) < 4.78 is 5.26. The lowest BCUT2D eigenvalue weighted by atomic mass is 9.67.